The van der Waals surface area contributed by atoms with Crippen molar-refractivity contribution < 1.29 is 13.6 Å². The molecular formula is C16H15F2NO. The second-order valence-corrected chi connectivity index (χ2v) is 4.76. The van der Waals surface area contributed by atoms with Crippen molar-refractivity contribution in [2.75, 3.05) is 19.0 Å². The molecule has 0 heterocycles. The maximum Gasteiger partial charge on any atom is 0.167 e. The number of nitrogens with zero attached hydrogens (tertiary/aromatic N) is 1. The Kier molecular flexibility index (Phi) is 4.13. The molecule has 0 aliphatic carbocycles. The summed E-state index contributed by atoms with van der Waals surface area (Å²) in [5.74, 6) is -2.12. The molecule has 2 nitrogen and oxygen atoms in total. The maximum absolute atomic E-state index is 13.5. The highest BCUT2D eigenvalue weighted by molar-refractivity contribution is 5.98. The molecule has 0 N–H and O–H groups in total. The molecule has 0 fully saturated rings. The highest BCUT2D eigenvalue weighted by Gasteiger charge is 2.13. The van der Waals surface area contributed by atoms with Crippen LogP contribution in [0.5, 0.6) is 0 Å². The van der Waals surface area contributed by atoms with E-state index in [0.717, 1.165) is 11.8 Å². The van der Waals surface area contributed by atoms with Gasteiger partial charge in [0.15, 0.2) is 17.4 Å². The van der Waals surface area contributed by atoms with Gasteiger partial charge in [0.25, 0.3) is 0 Å². The average molecular weight is 275 g/mol. The lowest BCUT2D eigenvalue weighted by atomic mass is 10.0. The van der Waals surface area contributed by atoms with Crippen molar-refractivity contribution in [3.05, 3.63) is 65.2 Å². The summed E-state index contributed by atoms with van der Waals surface area (Å²) >= 11 is 0. The van der Waals surface area contributed by atoms with Crippen molar-refractivity contribution in [1.82, 2.24) is 0 Å². The molecule has 0 aromatic heterocycles. The van der Waals surface area contributed by atoms with Gasteiger partial charge in [0.2, 0.25) is 0 Å². The van der Waals surface area contributed by atoms with Crippen LogP contribution in [0.1, 0.15) is 15.9 Å². The van der Waals surface area contributed by atoms with Crippen LogP contribution in [0.25, 0.3) is 0 Å². The highest BCUT2D eigenvalue weighted by Crippen LogP contribution is 2.17. The molecule has 0 atom stereocenters. The van der Waals surface area contributed by atoms with E-state index in [1.165, 1.54) is 12.1 Å². The van der Waals surface area contributed by atoms with Crippen LogP contribution in [0.15, 0.2) is 42.5 Å². The molecule has 2 aromatic carbocycles. The van der Waals surface area contributed by atoms with Gasteiger partial charge < -0.3 is 4.90 Å². The molecule has 0 aliphatic rings. The predicted molar refractivity (Wildman–Crippen MR) is 75.2 cm³/mol. The molecule has 0 saturated carbocycles. The molecule has 0 radical (unpaired) electrons. The van der Waals surface area contributed by atoms with Crippen LogP contribution in [0.3, 0.4) is 0 Å². The summed E-state index contributed by atoms with van der Waals surface area (Å²) < 4.78 is 26.7. The third kappa shape index (κ3) is 3.02. The minimum absolute atomic E-state index is 0.0743. The zero-order valence-corrected chi connectivity index (χ0v) is 11.4. The molecule has 2 aromatic rings. The van der Waals surface area contributed by atoms with E-state index in [1.54, 1.807) is 18.2 Å². The molecule has 2 rings (SSSR count). The fourth-order valence-corrected chi connectivity index (χ4v) is 1.92. The molecule has 0 bridgehead atoms. The minimum atomic E-state index is -0.954. The van der Waals surface area contributed by atoms with E-state index in [2.05, 4.69) is 0 Å². The quantitative estimate of drug-likeness (QED) is 0.796. The van der Waals surface area contributed by atoms with E-state index in [-0.39, 0.29) is 17.8 Å². The van der Waals surface area contributed by atoms with Gasteiger partial charge in [-0.15, -0.1) is 0 Å². The van der Waals surface area contributed by atoms with E-state index in [1.807, 2.05) is 25.1 Å². The fraction of sp³-hybridized carbons (Fsp3) is 0.188. The van der Waals surface area contributed by atoms with E-state index < -0.39 is 11.6 Å². The van der Waals surface area contributed by atoms with Crippen molar-refractivity contribution in [3.63, 3.8) is 0 Å². The second-order valence-electron chi connectivity index (χ2n) is 4.76. The average Bonchev–Trinajstić information content (AvgIpc) is 2.44. The van der Waals surface area contributed by atoms with Crippen molar-refractivity contribution in [1.29, 1.82) is 0 Å². The zero-order chi connectivity index (χ0) is 14.7. The number of halogens is 2. The number of Topliss-reactive ketones (excluding diaryl/α,β-unsaturated/α-hetero) is 1. The van der Waals surface area contributed by atoms with Crippen LogP contribution in [0.2, 0.25) is 0 Å². The van der Waals surface area contributed by atoms with Crippen molar-refractivity contribution in [2.45, 2.75) is 6.42 Å². The molecule has 0 aliphatic heterocycles. The van der Waals surface area contributed by atoms with Crippen molar-refractivity contribution >= 4 is 11.5 Å². The largest absolute Gasteiger partial charge is 0.378 e. The Morgan fingerprint density at radius 2 is 1.80 bits per heavy atom. The van der Waals surface area contributed by atoms with Gasteiger partial charge in [-0.05, 0) is 23.8 Å². The van der Waals surface area contributed by atoms with Gasteiger partial charge in [-0.3, -0.25) is 4.79 Å². The summed E-state index contributed by atoms with van der Waals surface area (Å²) in [4.78, 5) is 14.0. The monoisotopic (exact) mass is 275 g/mol. The topological polar surface area (TPSA) is 20.3 Å². The second kappa shape index (κ2) is 5.82. The SMILES string of the molecule is CN(C)c1cccc(C(=O)Cc2cccc(F)c2F)c1. The summed E-state index contributed by atoms with van der Waals surface area (Å²) in [6.07, 6.45) is -0.152. The summed E-state index contributed by atoms with van der Waals surface area (Å²) in [6, 6.07) is 10.9. The fourth-order valence-electron chi connectivity index (χ4n) is 1.92. The van der Waals surface area contributed by atoms with Crippen LogP contribution in [-0.2, 0) is 6.42 Å². The van der Waals surface area contributed by atoms with Crippen LogP contribution in [0.4, 0.5) is 14.5 Å². The number of carbonyl (C=O) groups is 1. The Balaban J connectivity index is 2.24. The number of benzene rings is 2. The standard InChI is InChI=1S/C16H15F2NO/c1-19(2)13-7-3-5-11(9-13)15(20)10-12-6-4-8-14(17)16(12)18/h3-9H,10H2,1-2H3. The van der Waals surface area contributed by atoms with Crippen LogP contribution < -0.4 is 4.90 Å². The highest BCUT2D eigenvalue weighted by atomic mass is 19.2. The minimum Gasteiger partial charge on any atom is -0.378 e. The van der Waals surface area contributed by atoms with Gasteiger partial charge >= 0.3 is 0 Å². The van der Waals surface area contributed by atoms with Gasteiger partial charge in [-0.25, -0.2) is 8.78 Å². The Morgan fingerprint density at radius 1 is 1.10 bits per heavy atom. The third-order valence-corrected chi connectivity index (χ3v) is 3.07. The van der Waals surface area contributed by atoms with E-state index in [4.69, 9.17) is 0 Å². The smallest absolute Gasteiger partial charge is 0.167 e. The maximum atomic E-state index is 13.5. The van der Waals surface area contributed by atoms with Crippen molar-refractivity contribution in [3.8, 4) is 0 Å². The Bertz CT molecular complexity index is 638. The normalized spacial score (nSPS) is 10.4. The molecule has 20 heavy (non-hydrogen) atoms. The first-order valence-corrected chi connectivity index (χ1v) is 6.22. The first-order valence-electron chi connectivity index (χ1n) is 6.22. The Labute approximate surface area is 116 Å². The first kappa shape index (κ1) is 14.2. The molecule has 4 heteroatoms. The number of anilines is 1. The van der Waals surface area contributed by atoms with Crippen LogP contribution >= 0.6 is 0 Å². The Hall–Kier alpha value is -2.23. The third-order valence-electron chi connectivity index (χ3n) is 3.07. The number of hydrogen-bond acceptors (Lipinski definition) is 2. The van der Waals surface area contributed by atoms with Crippen LogP contribution in [-0.4, -0.2) is 19.9 Å². The van der Waals surface area contributed by atoms with Gasteiger partial charge in [0.1, 0.15) is 0 Å². The van der Waals surface area contributed by atoms with Gasteiger partial charge in [0, 0.05) is 31.8 Å². The molecule has 0 saturated heterocycles. The predicted octanol–water partition coefficient (Wildman–Crippen LogP) is 3.46. The summed E-state index contributed by atoms with van der Waals surface area (Å²) in [5, 5.41) is 0. The zero-order valence-electron chi connectivity index (χ0n) is 11.4. The molecule has 0 amide bonds. The van der Waals surface area contributed by atoms with Gasteiger partial charge in [-0.1, -0.05) is 24.3 Å². The van der Waals surface area contributed by atoms with E-state index in [9.17, 15) is 13.6 Å². The number of carbonyl (C=O) groups excluding carboxylic acids is 1. The summed E-state index contributed by atoms with van der Waals surface area (Å²) in [5.41, 5.74) is 1.45. The summed E-state index contributed by atoms with van der Waals surface area (Å²) in [6.45, 7) is 0. The van der Waals surface area contributed by atoms with Crippen LogP contribution in [0, 0.1) is 11.6 Å². The first-order chi connectivity index (χ1) is 9.49. The lowest BCUT2D eigenvalue weighted by Crippen LogP contribution is -2.11. The van der Waals surface area contributed by atoms with Gasteiger partial charge in [0.05, 0.1) is 0 Å². The Morgan fingerprint density at radius 3 is 2.50 bits per heavy atom. The van der Waals surface area contributed by atoms with Crippen molar-refractivity contribution in [2.24, 2.45) is 0 Å². The lowest BCUT2D eigenvalue weighted by Gasteiger charge is -2.13. The molecule has 104 valence electrons. The molecule has 0 unspecified atom stereocenters. The summed E-state index contributed by atoms with van der Waals surface area (Å²) in [7, 11) is 3.74. The lowest BCUT2D eigenvalue weighted by molar-refractivity contribution is 0.0991. The number of rotatable bonds is 4. The van der Waals surface area contributed by atoms with E-state index in [0.29, 0.717) is 5.56 Å². The molecular weight excluding hydrogens is 260 g/mol. The van der Waals surface area contributed by atoms with E-state index >= 15 is 0 Å². The molecule has 0 spiro atoms. The van der Waals surface area contributed by atoms with Gasteiger partial charge in [-0.2, -0.15) is 0 Å². The number of hydrogen-bond donors (Lipinski definition) is 0. The number of ketones is 1.